The summed E-state index contributed by atoms with van der Waals surface area (Å²) >= 11 is 0. The number of pyridine rings is 1. The maximum Gasteiger partial charge on any atom is 0.416 e. The lowest BCUT2D eigenvalue weighted by Gasteiger charge is -2.30. The van der Waals surface area contributed by atoms with E-state index in [1.54, 1.807) is 6.92 Å². The summed E-state index contributed by atoms with van der Waals surface area (Å²) in [7, 11) is 0. The number of hydrazone groups is 1. The zero-order chi connectivity index (χ0) is 35.9. The zero-order valence-electron chi connectivity index (χ0n) is 28.2. The molecule has 0 atom stereocenters. The number of esters is 1. The molecule has 0 radical (unpaired) electrons. The molecule has 5 rings (SSSR count). The molecule has 14 heteroatoms. The van der Waals surface area contributed by atoms with Crippen LogP contribution in [0.1, 0.15) is 74.3 Å². The van der Waals surface area contributed by atoms with Crippen molar-refractivity contribution >= 4 is 28.6 Å². The molecule has 0 aliphatic heterocycles. The van der Waals surface area contributed by atoms with Gasteiger partial charge in [-0.2, -0.15) is 26.3 Å². The molecule has 2 saturated carbocycles. The van der Waals surface area contributed by atoms with E-state index in [0.717, 1.165) is 55.2 Å². The first-order valence-corrected chi connectivity index (χ1v) is 16.6. The summed E-state index contributed by atoms with van der Waals surface area (Å²) < 4.78 is 87.2. The first-order valence-electron chi connectivity index (χ1n) is 16.6. The van der Waals surface area contributed by atoms with Gasteiger partial charge in [-0.05, 0) is 86.8 Å². The number of benzene rings is 2. The number of fused-ring (bicyclic) bond motifs is 1. The summed E-state index contributed by atoms with van der Waals surface area (Å²) in [5.74, 6) is 0.887. The Morgan fingerprint density at radius 3 is 2.08 bits per heavy atom. The van der Waals surface area contributed by atoms with E-state index < -0.39 is 36.0 Å². The summed E-state index contributed by atoms with van der Waals surface area (Å²) in [6, 6.07) is 9.14. The molecule has 8 nitrogen and oxygen atoms in total. The molecule has 0 unspecified atom stereocenters. The zero-order valence-corrected chi connectivity index (χ0v) is 28.2. The molecular formula is C35H44F6N6O2. The number of ether oxygens (including phenoxy) is 1. The summed E-state index contributed by atoms with van der Waals surface area (Å²) in [5, 5.41) is 4.87. The van der Waals surface area contributed by atoms with Gasteiger partial charge < -0.3 is 20.3 Å². The quantitative estimate of drug-likeness (QED) is 0.0625. The Hall–Kier alpha value is -4.23. The van der Waals surface area contributed by atoms with Crippen molar-refractivity contribution in [2.75, 3.05) is 31.1 Å². The monoisotopic (exact) mass is 694 g/mol. The van der Waals surface area contributed by atoms with Crippen molar-refractivity contribution in [2.45, 2.75) is 78.8 Å². The fourth-order valence-corrected chi connectivity index (χ4v) is 5.46. The highest BCUT2D eigenvalue weighted by molar-refractivity contribution is 5.85. The first kappa shape index (κ1) is 37.6. The number of alkyl halides is 6. The van der Waals surface area contributed by atoms with E-state index in [1.165, 1.54) is 4.90 Å². The van der Waals surface area contributed by atoms with Gasteiger partial charge in [0.15, 0.2) is 0 Å². The SMILES string of the molecule is CC.CCOC(=O)CN/N=C(\N)N(Cc1cc(C(F)(F)F)cc(C(F)(F)F)c1)Cc1cc2cccc(C)c2nc1N(CC1CC1)CC1CC1. The molecule has 2 fully saturated rings. The number of nitrogens with one attached hydrogen (secondary N) is 1. The third kappa shape index (κ3) is 10.6. The minimum atomic E-state index is -5.01. The van der Waals surface area contributed by atoms with Gasteiger partial charge in [0.1, 0.15) is 12.4 Å². The normalized spacial score (nSPS) is 15.0. The number of anilines is 1. The van der Waals surface area contributed by atoms with Crippen molar-refractivity contribution in [1.82, 2.24) is 15.3 Å². The molecule has 0 saturated heterocycles. The van der Waals surface area contributed by atoms with Crippen LogP contribution in [-0.4, -0.2) is 48.1 Å². The lowest BCUT2D eigenvalue weighted by atomic mass is 10.0. The van der Waals surface area contributed by atoms with Gasteiger partial charge >= 0.3 is 18.3 Å². The maximum atomic E-state index is 13.7. The number of para-hydroxylation sites is 1. The van der Waals surface area contributed by atoms with E-state index in [9.17, 15) is 31.1 Å². The van der Waals surface area contributed by atoms with Gasteiger partial charge in [-0.15, -0.1) is 5.10 Å². The first-order chi connectivity index (χ1) is 23.2. The highest BCUT2D eigenvalue weighted by Crippen LogP contribution is 2.39. The molecule has 0 amide bonds. The molecule has 2 aliphatic carbocycles. The molecule has 3 N–H and O–H groups in total. The Bertz CT molecular complexity index is 1570. The topological polar surface area (TPSA) is 96.1 Å². The average molecular weight is 695 g/mol. The van der Waals surface area contributed by atoms with Gasteiger partial charge in [0, 0.05) is 37.1 Å². The largest absolute Gasteiger partial charge is 0.465 e. The molecule has 1 aromatic heterocycles. The van der Waals surface area contributed by atoms with Crippen LogP contribution in [0.15, 0.2) is 47.6 Å². The van der Waals surface area contributed by atoms with E-state index in [4.69, 9.17) is 15.5 Å². The second-order valence-electron chi connectivity index (χ2n) is 12.3. The van der Waals surface area contributed by atoms with Crippen LogP contribution >= 0.6 is 0 Å². The van der Waals surface area contributed by atoms with Crippen molar-refractivity contribution in [2.24, 2.45) is 22.7 Å². The highest BCUT2D eigenvalue weighted by Gasteiger charge is 2.37. The van der Waals surface area contributed by atoms with Gasteiger partial charge in [0.25, 0.3) is 0 Å². The molecule has 0 spiro atoms. The van der Waals surface area contributed by atoms with Crippen molar-refractivity contribution in [3.8, 4) is 0 Å². The standard InChI is InChI=1S/C33H38F6N6O2.C2H6/c1-3-47-28(46)15-41-43-31(40)45(18-23-11-26(32(34,35)36)14-27(12-23)33(37,38)39)19-25-13-24-6-4-5-20(2)29(24)42-30(25)44(16-21-7-8-21)17-22-9-10-22;1-2/h4-6,11-14,21-22,41H,3,7-10,15-19H2,1-2H3,(H2,40,43);1-2H3. The number of halogens is 6. The predicted molar refractivity (Wildman–Crippen MR) is 177 cm³/mol. The Balaban J connectivity index is 0.00000265. The molecule has 268 valence electrons. The smallest absolute Gasteiger partial charge is 0.416 e. The molecular weight excluding hydrogens is 650 g/mol. The third-order valence-electron chi connectivity index (χ3n) is 8.18. The van der Waals surface area contributed by atoms with E-state index >= 15 is 0 Å². The molecule has 2 aliphatic rings. The molecule has 49 heavy (non-hydrogen) atoms. The van der Waals surface area contributed by atoms with Crippen molar-refractivity contribution in [3.63, 3.8) is 0 Å². The molecule has 1 heterocycles. The molecule has 2 aromatic carbocycles. The van der Waals surface area contributed by atoms with Crippen LogP contribution < -0.4 is 16.1 Å². The van der Waals surface area contributed by atoms with Crippen molar-refractivity contribution in [3.05, 3.63) is 70.3 Å². The van der Waals surface area contributed by atoms with Crippen LogP contribution in [0.3, 0.4) is 0 Å². The minimum Gasteiger partial charge on any atom is -0.465 e. The van der Waals surface area contributed by atoms with Crippen LogP contribution in [-0.2, 0) is 35.0 Å². The van der Waals surface area contributed by atoms with Gasteiger partial charge in [0.2, 0.25) is 5.96 Å². The maximum absolute atomic E-state index is 13.7. The number of carbonyl (C=O) groups is 1. The number of nitrogens with zero attached hydrogens (tertiary/aromatic N) is 4. The number of aryl methyl sites for hydroxylation is 1. The number of hydrogen-bond acceptors (Lipinski definition) is 6. The minimum absolute atomic E-state index is 0.0356. The number of guanidine groups is 1. The van der Waals surface area contributed by atoms with Crippen LogP contribution in [0.25, 0.3) is 10.9 Å². The van der Waals surface area contributed by atoms with Gasteiger partial charge in [-0.1, -0.05) is 32.0 Å². The summed E-state index contributed by atoms with van der Waals surface area (Å²) in [5.41, 5.74) is 8.19. The lowest BCUT2D eigenvalue weighted by Crippen LogP contribution is -2.39. The molecule has 0 bridgehead atoms. The van der Waals surface area contributed by atoms with Crippen LogP contribution in [0, 0.1) is 18.8 Å². The summed E-state index contributed by atoms with van der Waals surface area (Å²) in [6.45, 7) is 8.49. The Kier molecular flexibility index (Phi) is 12.3. The van der Waals surface area contributed by atoms with Crippen LogP contribution in [0.2, 0.25) is 0 Å². The molecule has 3 aromatic rings. The number of carbonyl (C=O) groups excluding carboxylic acids is 1. The second kappa shape index (κ2) is 16.0. The van der Waals surface area contributed by atoms with Gasteiger partial charge in [-0.3, -0.25) is 10.2 Å². The van der Waals surface area contributed by atoms with E-state index in [1.807, 2.05) is 45.0 Å². The summed E-state index contributed by atoms with van der Waals surface area (Å²) in [4.78, 5) is 20.6. The Morgan fingerprint density at radius 1 is 0.959 bits per heavy atom. The van der Waals surface area contributed by atoms with Crippen molar-refractivity contribution in [1.29, 1.82) is 0 Å². The average Bonchev–Trinajstić information content (AvgIpc) is 3.98. The number of aromatic nitrogens is 1. The second-order valence-corrected chi connectivity index (χ2v) is 12.3. The number of rotatable bonds is 13. The lowest BCUT2D eigenvalue weighted by molar-refractivity contribution is -0.143. The Labute approximate surface area is 282 Å². The van der Waals surface area contributed by atoms with Gasteiger partial charge in [0.05, 0.1) is 23.3 Å². The fourth-order valence-electron chi connectivity index (χ4n) is 5.46. The van der Waals surface area contributed by atoms with Crippen molar-refractivity contribution < 1.29 is 35.9 Å². The fraction of sp³-hybridized carbons (Fsp3) is 0.514. The number of nitrogens with two attached hydrogens (primary N) is 1. The van der Waals surface area contributed by atoms with Gasteiger partial charge in [-0.25, -0.2) is 4.98 Å². The van der Waals surface area contributed by atoms with E-state index in [-0.39, 0.29) is 37.3 Å². The van der Waals surface area contributed by atoms with Crippen LogP contribution in [0.4, 0.5) is 32.2 Å². The predicted octanol–water partition coefficient (Wildman–Crippen LogP) is 7.62. The summed E-state index contributed by atoms with van der Waals surface area (Å²) in [6.07, 6.45) is -5.59. The Morgan fingerprint density at radius 2 is 1.55 bits per heavy atom. The highest BCUT2D eigenvalue weighted by atomic mass is 19.4. The van der Waals surface area contributed by atoms with E-state index in [2.05, 4.69) is 15.4 Å². The van der Waals surface area contributed by atoms with Crippen LogP contribution in [0.5, 0.6) is 0 Å². The van der Waals surface area contributed by atoms with E-state index in [0.29, 0.717) is 35.3 Å². The third-order valence-corrected chi connectivity index (χ3v) is 8.18. The number of hydrogen-bond donors (Lipinski definition) is 2.